The van der Waals surface area contributed by atoms with Crippen molar-refractivity contribution in [3.05, 3.63) is 45.9 Å². The molecule has 0 spiro atoms. The number of carbonyl (C=O) groups is 1. The number of benzene rings is 1. The molecule has 2 unspecified atom stereocenters. The predicted octanol–water partition coefficient (Wildman–Crippen LogP) is 4.43. The van der Waals surface area contributed by atoms with Gasteiger partial charge in [-0.05, 0) is 68.7 Å². The van der Waals surface area contributed by atoms with Crippen LogP contribution in [0.4, 0.5) is 0 Å². The standard InChI is InChI=1S/C29H37N5O5/c1-4-8-22-25-26(34(3)32-22)29(36)31-27(30-25)21-17-20(14-15-23(21)37-5-2)18-10-12-19(13-11-18)28(35)33-39-24-9-6-7-16-38-24/h10,14-15,17,19,24H,4-9,11-13,16H2,1-3H3,(H,33,35)(H,30,31,36). The first-order chi connectivity index (χ1) is 19.0. The minimum atomic E-state index is -0.358. The molecular weight excluding hydrogens is 498 g/mol. The van der Waals surface area contributed by atoms with Crippen molar-refractivity contribution >= 4 is 22.5 Å². The van der Waals surface area contributed by atoms with Gasteiger partial charge in [0, 0.05) is 26.0 Å². The molecule has 1 amide bonds. The first kappa shape index (κ1) is 27.1. The predicted molar refractivity (Wildman–Crippen MR) is 148 cm³/mol. The Balaban J connectivity index is 1.38. The van der Waals surface area contributed by atoms with Crippen LogP contribution in [0, 0.1) is 5.92 Å². The molecule has 10 nitrogen and oxygen atoms in total. The van der Waals surface area contributed by atoms with Crippen molar-refractivity contribution < 1.29 is 19.1 Å². The maximum Gasteiger partial charge on any atom is 0.277 e. The molecule has 2 aromatic heterocycles. The van der Waals surface area contributed by atoms with E-state index in [2.05, 4.69) is 28.6 Å². The lowest BCUT2D eigenvalue weighted by Crippen LogP contribution is -2.37. The van der Waals surface area contributed by atoms with E-state index < -0.39 is 0 Å². The van der Waals surface area contributed by atoms with Crippen LogP contribution in [-0.2, 0) is 27.8 Å². The van der Waals surface area contributed by atoms with E-state index in [1.165, 1.54) is 0 Å². The molecule has 10 heteroatoms. The summed E-state index contributed by atoms with van der Waals surface area (Å²) in [4.78, 5) is 39.0. The normalized spacial score (nSPS) is 19.6. The number of hydrogen-bond donors (Lipinski definition) is 2. The van der Waals surface area contributed by atoms with Gasteiger partial charge in [-0.1, -0.05) is 25.5 Å². The third kappa shape index (κ3) is 5.91. The molecule has 2 atom stereocenters. The molecule has 1 aliphatic heterocycles. The molecule has 1 saturated heterocycles. The van der Waals surface area contributed by atoms with Gasteiger partial charge in [-0.2, -0.15) is 5.10 Å². The van der Waals surface area contributed by atoms with Gasteiger partial charge in [0.2, 0.25) is 5.91 Å². The fourth-order valence-electron chi connectivity index (χ4n) is 5.32. The lowest BCUT2D eigenvalue weighted by atomic mass is 9.86. The van der Waals surface area contributed by atoms with Crippen LogP contribution in [-0.4, -0.2) is 45.2 Å². The molecule has 208 valence electrons. The van der Waals surface area contributed by atoms with Gasteiger partial charge in [0.25, 0.3) is 5.56 Å². The maximum atomic E-state index is 13.1. The van der Waals surface area contributed by atoms with Gasteiger partial charge >= 0.3 is 0 Å². The fourth-order valence-corrected chi connectivity index (χ4v) is 5.32. The molecule has 5 rings (SSSR count). The van der Waals surface area contributed by atoms with Crippen LogP contribution in [0.5, 0.6) is 5.75 Å². The number of amides is 1. The summed E-state index contributed by atoms with van der Waals surface area (Å²) in [5, 5.41) is 4.53. The summed E-state index contributed by atoms with van der Waals surface area (Å²) in [5.41, 5.74) is 7.17. The number of nitrogens with zero attached hydrogens (tertiary/aromatic N) is 3. The molecule has 0 bridgehead atoms. The zero-order valence-corrected chi connectivity index (χ0v) is 22.9. The molecule has 2 aliphatic rings. The van der Waals surface area contributed by atoms with E-state index in [0.717, 1.165) is 60.9 Å². The molecule has 1 aromatic carbocycles. The minimum absolute atomic E-state index is 0.110. The molecule has 1 fully saturated rings. The zero-order valence-electron chi connectivity index (χ0n) is 22.9. The number of fused-ring (bicyclic) bond motifs is 1. The molecule has 0 saturated carbocycles. The zero-order chi connectivity index (χ0) is 27.4. The fraction of sp³-hybridized carbons (Fsp3) is 0.517. The van der Waals surface area contributed by atoms with Crippen LogP contribution >= 0.6 is 0 Å². The van der Waals surface area contributed by atoms with E-state index >= 15 is 0 Å². The van der Waals surface area contributed by atoms with Crippen molar-refractivity contribution in [1.82, 2.24) is 25.2 Å². The smallest absolute Gasteiger partial charge is 0.277 e. The molecule has 0 radical (unpaired) electrons. The molecule has 39 heavy (non-hydrogen) atoms. The van der Waals surface area contributed by atoms with Gasteiger partial charge in [-0.25, -0.2) is 15.3 Å². The Labute approximate surface area is 227 Å². The quantitative estimate of drug-likeness (QED) is 0.389. The van der Waals surface area contributed by atoms with Crippen molar-refractivity contribution in [3.63, 3.8) is 0 Å². The first-order valence-electron chi connectivity index (χ1n) is 14.0. The van der Waals surface area contributed by atoms with Crippen molar-refractivity contribution in [2.24, 2.45) is 13.0 Å². The van der Waals surface area contributed by atoms with Crippen LogP contribution in [0.2, 0.25) is 0 Å². The van der Waals surface area contributed by atoms with Crippen LogP contribution < -0.4 is 15.8 Å². The van der Waals surface area contributed by atoms with Crippen LogP contribution in [0.1, 0.15) is 70.1 Å². The van der Waals surface area contributed by atoms with E-state index in [1.807, 2.05) is 25.1 Å². The highest BCUT2D eigenvalue weighted by Crippen LogP contribution is 2.36. The Morgan fingerprint density at radius 1 is 1.26 bits per heavy atom. The number of allylic oxidation sites excluding steroid dienone is 2. The number of carbonyl (C=O) groups excluding carboxylic acids is 1. The summed E-state index contributed by atoms with van der Waals surface area (Å²) in [7, 11) is 1.77. The summed E-state index contributed by atoms with van der Waals surface area (Å²) in [6, 6.07) is 5.96. The van der Waals surface area contributed by atoms with Crippen LogP contribution in [0.25, 0.3) is 28.0 Å². The van der Waals surface area contributed by atoms with Gasteiger partial charge in [0.05, 0.1) is 17.9 Å². The molecule has 2 N–H and O–H groups in total. The van der Waals surface area contributed by atoms with Crippen molar-refractivity contribution in [1.29, 1.82) is 0 Å². The van der Waals surface area contributed by atoms with Gasteiger partial charge in [0.1, 0.15) is 17.1 Å². The molecule has 3 heterocycles. The highest BCUT2D eigenvalue weighted by Gasteiger charge is 2.25. The Morgan fingerprint density at radius 3 is 2.85 bits per heavy atom. The van der Waals surface area contributed by atoms with Gasteiger partial charge < -0.3 is 14.5 Å². The van der Waals surface area contributed by atoms with E-state index in [-0.39, 0.29) is 23.7 Å². The summed E-state index contributed by atoms with van der Waals surface area (Å²) >= 11 is 0. The lowest BCUT2D eigenvalue weighted by molar-refractivity contribution is -0.202. The Morgan fingerprint density at radius 2 is 2.13 bits per heavy atom. The second-order valence-corrected chi connectivity index (χ2v) is 10.2. The second-order valence-electron chi connectivity index (χ2n) is 10.2. The highest BCUT2D eigenvalue weighted by atomic mass is 16.8. The van der Waals surface area contributed by atoms with Crippen molar-refractivity contribution in [2.45, 2.75) is 71.5 Å². The van der Waals surface area contributed by atoms with E-state index in [0.29, 0.717) is 48.7 Å². The van der Waals surface area contributed by atoms with Gasteiger partial charge in [-0.15, -0.1) is 0 Å². The Bertz CT molecular complexity index is 1420. The molecule has 1 aliphatic carbocycles. The lowest BCUT2D eigenvalue weighted by Gasteiger charge is -2.25. The van der Waals surface area contributed by atoms with E-state index in [9.17, 15) is 9.59 Å². The third-order valence-corrected chi connectivity index (χ3v) is 7.37. The highest BCUT2D eigenvalue weighted by molar-refractivity contribution is 5.82. The number of ether oxygens (including phenoxy) is 2. The summed E-state index contributed by atoms with van der Waals surface area (Å²) in [5.74, 6) is 0.850. The minimum Gasteiger partial charge on any atom is -0.493 e. The monoisotopic (exact) mass is 535 g/mol. The molecule has 3 aromatic rings. The van der Waals surface area contributed by atoms with Crippen molar-refractivity contribution in [3.8, 4) is 17.1 Å². The number of nitrogens with one attached hydrogen (secondary N) is 2. The summed E-state index contributed by atoms with van der Waals surface area (Å²) in [6.07, 6.45) is 8.35. The van der Waals surface area contributed by atoms with Crippen LogP contribution in [0.3, 0.4) is 0 Å². The summed E-state index contributed by atoms with van der Waals surface area (Å²) < 4.78 is 13.0. The SMILES string of the molecule is CCCc1nn(C)c2c(=O)[nH]c(-c3cc(C4=CCC(C(=O)NOC5CCCCO5)CC4)ccc3OCC)nc12. The average molecular weight is 536 g/mol. The summed E-state index contributed by atoms with van der Waals surface area (Å²) in [6.45, 7) is 5.16. The van der Waals surface area contributed by atoms with Gasteiger partial charge in [-0.3, -0.25) is 14.3 Å². The molecular formula is C29H37N5O5. The first-order valence-corrected chi connectivity index (χ1v) is 14.0. The van der Waals surface area contributed by atoms with E-state index in [4.69, 9.17) is 19.3 Å². The maximum absolute atomic E-state index is 13.1. The number of hydrogen-bond acceptors (Lipinski definition) is 7. The number of aromatic nitrogens is 4. The largest absolute Gasteiger partial charge is 0.493 e. The Hall–Kier alpha value is -3.50. The Kier molecular flexibility index (Phi) is 8.42. The van der Waals surface area contributed by atoms with E-state index in [1.54, 1.807) is 11.7 Å². The second kappa shape index (κ2) is 12.1. The third-order valence-electron chi connectivity index (χ3n) is 7.37. The number of aryl methyl sites for hydroxylation is 2. The average Bonchev–Trinajstić information content (AvgIpc) is 3.28. The van der Waals surface area contributed by atoms with Gasteiger partial charge in [0.15, 0.2) is 11.8 Å². The number of aromatic amines is 1. The number of H-pyrrole nitrogens is 1. The number of hydroxylamine groups is 1. The van der Waals surface area contributed by atoms with Crippen molar-refractivity contribution in [2.75, 3.05) is 13.2 Å². The van der Waals surface area contributed by atoms with Crippen LogP contribution in [0.15, 0.2) is 29.1 Å². The number of rotatable bonds is 9. The topological polar surface area (TPSA) is 120 Å².